The topological polar surface area (TPSA) is 45.6 Å². The van der Waals surface area contributed by atoms with Crippen molar-refractivity contribution in [1.29, 1.82) is 0 Å². The first-order valence-corrected chi connectivity index (χ1v) is 9.86. The number of likely N-dealkylation sites (tertiary alicyclic amines) is 1. The van der Waals surface area contributed by atoms with Gasteiger partial charge in [0.05, 0.1) is 30.5 Å². The molecule has 3 aromatic rings. The Hall–Kier alpha value is -1.95. The van der Waals surface area contributed by atoms with Crippen LogP contribution in [-0.2, 0) is 12.0 Å². The fourth-order valence-corrected chi connectivity index (χ4v) is 4.99. The van der Waals surface area contributed by atoms with Gasteiger partial charge >= 0.3 is 0 Å². The molecule has 0 radical (unpaired) electrons. The molecule has 0 bridgehead atoms. The van der Waals surface area contributed by atoms with Gasteiger partial charge in [0, 0.05) is 12.0 Å². The Balaban J connectivity index is 1.55. The van der Waals surface area contributed by atoms with E-state index in [-0.39, 0.29) is 12.0 Å². The molecule has 2 aromatic carbocycles. The Kier molecular flexibility index (Phi) is 4.94. The van der Waals surface area contributed by atoms with Gasteiger partial charge in [0.15, 0.2) is 0 Å². The van der Waals surface area contributed by atoms with Crippen LogP contribution >= 0.6 is 11.3 Å². The summed E-state index contributed by atoms with van der Waals surface area (Å²) >= 11 is 1.73. The number of aliphatic hydroxyl groups is 1. The first-order valence-electron chi connectivity index (χ1n) is 9.05. The monoisotopic (exact) mass is 368 g/mol. The van der Waals surface area contributed by atoms with Crippen molar-refractivity contribution in [2.75, 3.05) is 26.8 Å². The van der Waals surface area contributed by atoms with Crippen LogP contribution in [0.3, 0.4) is 0 Å². The lowest BCUT2D eigenvalue weighted by atomic mass is 9.75. The van der Waals surface area contributed by atoms with Crippen LogP contribution in [0.4, 0.5) is 0 Å². The number of piperidine rings is 1. The Morgan fingerprint density at radius 2 is 2.08 bits per heavy atom. The summed E-state index contributed by atoms with van der Waals surface area (Å²) in [4.78, 5) is 7.22. The van der Waals surface area contributed by atoms with Gasteiger partial charge in [-0.15, -0.1) is 11.3 Å². The van der Waals surface area contributed by atoms with Crippen LogP contribution in [0.5, 0.6) is 5.75 Å². The fraction of sp³-hybridized carbons (Fsp3) is 0.381. The van der Waals surface area contributed by atoms with Crippen LogP contribution in [0.2, 0.25) is 0 Å². The maximum atomic E-state index is 10.2. The second-order valence-corrected chi connectivity index (χ2v) is 8.18. The molecule has 0 spiro atoms. The molecule has 26 heavy (non-hydrogen) atoms. The third-order valence-corrected chi connectivity index (χ3v) is 6.35. The molecule has 1 saturated heterocycles. The molecule has 1 N–H and O–H groups in total. The highest BCUT2D eigenvalue weighted by atomic mass is 32.1. The average Bonchev–Trinajstić information content (AvgIpc) is 3.10. The summed E-state index contributed by atoms with van der Waals surface area (Å²) < 4.78 is 6.47. The van der Waals surface area contributed by atoms with Crippen LogP contribution in [0.1, 0.15) is 23.4 Å². The number of rotatable bonds is 5. The van der Waals surface area contributed by atoms with Gasteiger partial charge in [0.1, 0.15) is 10.8 Å². The van der Waals surface area contributed by atoms with Gasteiger partial charge in [0.2, 0.25) is 0 Å². The molecular formula is C21H24N2O2S. The van der Waals surface area contributed by atoms with Gasteiger partial charge in [-0.05, 0) is 43.1 Å². The fourth-order valence-electron chi connectivity index (χ4n) is 3.95. The van der Waals surface area contributed by atoms with Crippen LogP contribution in [0.25, 0.3) is 10.2 Å². The Labute approximate surface area is 158 Å². The summed E-state index contributed by atoms with van der Waals surface area (Å²) in [6.07, 6.45) is 2.12. The molecule has 4 rings (SSSR count). The van der Waals surface area contributed by atoms with Crippen molar-refractivity contribution in [1.82, 2.24) is 9.88 Å². The molecule has 0 saturated carbocycles. The van der Waals surface area contributed by atoms with E-state index in [2.05, 4.69) is 35.2 Å². The molecule has 1 fully saturated rings. The Bertz CT molecular complexity index is 880. The van der Waals surface area contributed by atoms with Crippen LogP contribution in [0.15, 0.2) is 48.5 Å². The van der Waals surface area contributed by atoms with Gasteiger partial charge in [-0.2, -0.15) is 0 Å². The highest BCUT2D eigenvalue weighted by molar-refractivity contribution is 7.18. The maximum Gasteiger partial charge on any atom is 0.120 e. The van der Waals surface area contributed by atoms with Crippen LogP contribution < -0.4 is 4.74 Å². The molecular weight excluding hydrogens is 344 g/mol. The number of benzene rings is 2. The van der Waals surface area contributed by atoms with Crippen molar-refractivity contribution < 1.29 is 9.84 Å². The van der Waals surface area contributed by atoms with E-state index < -0.39 is 0 Å². The van der Waals surface area contributed by atoms with E-state index in [1.54, 1.807) is 18.4 Å². The zero-order chi connectivity index (χ0) is 18.0. The number of nitrogens with zero attached hydrogens (tertiary/aromatic N) is 2. The summed E-state index contributed by atoms with van der Waals surface area (Å²) in [5, 5.41) is 11.3. The molecule has 0 aliphatic carbocycles. The minimum atomic E-state index is -0.167. The Morgan fingerprint density at radius 3 is 2.85 bits per heavy atom. The summed E-state index contributed by atoms with van der Waals surface area (Å²) in [7, 11) is 1.69. The van der Waals surface area contributed by atoms with Crippen molar-refractivity contribution in [3.8, 4) is 5.75 Å². The number of hydrogen-bond donors (Lipinski definition) is 1. The lowest BCUT2D eigenvalue weighted by Gasteiger charge is -2.42. The van der Waals surface area contributed by atoms with Gasteiger partial charge in [-0.3, -0.25) is 4.90 Å². The zero-order valence-corrected chi connectivity index (χ0v) is 15.8. The third-order valence-electron chi connectivity index (χ3n) is 5.34. The SMILES string of the molecule is COc1ccc2nc(CN3CCCC(CO)(c4ccccc4)C3)sc2c1. The van der Waals surface area contributed by atoms with Crippen molar-refractivity contribution in [2.24, 2.45) is 0 Å². The standard InChI is InChI=1S/C21H24N2O2S/c1-25-17-8-9-18-19(12-17)26-20(22-18)13-23-11-5-10-21(14-23,15-24)16-6-3-2-4-7-16/h2-4,6-9,12,24H,5,10-11,13-15H2,1H3. The molecule has 1 unspecified atom stereocenters. The smallest absolute Gasteiger partial charge is 0.120 e. The zero-order valence-electron chi connectivity index (χ0n) is 15.0. The van der Waals surface area contributed by atoms with Crippen molar-refractivity contribution in [3.63, 3.8) is 0 Å². The third kappa shape index (κ3) is 3.34. The number of thiazole rings is 1. The van der Waals surface area contributed by atoms with E-state index in [4.69, 9.17) is 9.72 Å². The van der Waals surface area contributed by atoms with Crippen molar-refractivity contribution in [3.05, 3.63) is 59.1 Å². The average molecular weight is 369 g/mol. The normalized spacial score (nSPS) is 21.2. The number of hydrogen-bond acceptors (Lipinski definition) is 5. The second kappa shape index (κ2) is 7.35. The molecule has 4 nitrogen and oxygen atoms in total. The summed E-state index contributed by atoms with van der Waals surface area (Å²) in [6.45, 7) is 2.93. The number of methoxy groups -OCH3 is 1. The van der Waals surface area contributed by atoms with Gasteiger partial charge < -0.3 is 9.84 Å². The molecule has 1 aliphatic heterocycles. The minimum Gasteiger partial charge on any atom is -0.497 e. The quantitative estimate of drug-likeness (QED) is 0.743. The number of aromatic nitrogens is 1. The Morgan fingerprint density at radius 1 is 1.23 bits per heavy atom. The van der Waals surface area contributed by atoms with E-state index in [9.17, 15) is 5.11 Å². The van der Waals surface area contributed by atoms with E-state index >= 15 is 0 Å². The van der Waals surface area contributed by atoms with E-state index in [0.717, 1.165) is 53.4 Å². The highest BCUT2D eigenvalue weighted by Gasteiger charge is 2.36. The molecule has 0 amide bonds. The van der Waals surface area contributed by atoms with E-state index in [1.165, 1.54) is 5.56 Å². The van der Waals surface area contributed by atoms with Crippen LogP contribution in [-0.4, -0.2) is 41.8 Å². The predicted octanol–water partition coefficient (Wildman–Crippen LogP) is 3.83. The molecule has 136 valence electrons. The summed E-state index contributed by atoms with van der Waals surface area (Å²) in [6, 6.07) is 16.5. The first kappa shape index (κ1) is 17.5. The van der Waals surface area contributed by atoms with Gasteiger partial charge in [-0.1, -0.05) is 30.3 Å². The van der Waals surface area contributed by atoms with Crippen LogP contribution in [0, 0.1) is 0 Å². The summed E-state index contributed by atoms with van der Waals surface area (Å²) in [5.74, 6) is 0.869. The molecule has 1 aromatic heterocycles. The lowest BCUT2D eigenvalue weighted by Crippen LogP contribution is -2.47. The highest BCUT2D eigenvalue weighted by Crippen LogP contribution is 2.35. The van der Waals surface area contributed by atoms with E-state index in [1.807, 2.05) is 18.2 Å². The molecule has 1 atom stereocenters. The second-order valence-electron chi connectivity index (χ2n) is 7.06. The number of ether oxygens (including phenoxy) is 1. The first-order chi connectivity index (χ1) is 12.7. The minimum absolute atomic E-state index is 0.167. The van der Waals surface area contributed by atoms with E-state index in [0.29, 0.717) is 0 Å². The largest absolute Gasteiger partial charge is 0.497 e. The molecule has 5 heteroatoms. The maximum absolute atomic E-state index is 10.2. The van der Waals surface area contributed by atoms with Crippen molar-refractivity contribution >= 4 is 21.6 Å². The predicted molar refractivity (Wildman–Crippen MR) is 106 cm³/mol. The summed E-state index contributed by atoms with van der Waals surface area (Å²) in [5.41, 5.74) is 2.10. The molecule has 1 aliphatic rings. The van der Waals surface area contributed by atoms with Gasteiger partial charge in [-0.25, -0.2) is 4.98 Å². The number of fused-ring (bicyclic) bond motifs is 1. The van der Waals surface area contributed by atoms with Gasteiger partial charge in [0.25, 0.3) is 0 Å². The molecule has 2 heterocycles. The number of aliphatic hydroxyl groups excluding tert-OH is 1. The lowest BCUT2D eigenvalue weighted by molar-refractivity contribution is 0.0850. The van der Waals surface area contributed by atoms with Crippen molar-refractivity contribution in [2.45, 2.75) is 24.8 Å².